The average molecular weight is 258 g/mol. The summed E-state index contributed by atoms with van der Waals surface area (Å²) < 4.78 is 12.8. The number of carbonyl (C=O) groups excluding carboxylic acids is 1. The highest BCUT2D eigenvalue weighted by atomic mass is 35.5. The van der Waals surface area contributed by atoms with E-state index in [9.17, 15) is 9.18 Å². The van der Waals surface area contributed by atoms with Gasteiger partial charge in [0, 0.05) is 12.8 Å². The number of hydrogen-bond donors (Lipinski definition) is 2. The molecule has 0 unspecified atom stereocenters. The molecule has 1 amide bonds. The van der Waals surface area contributed by atoms with E-state index in [2.05, 4.69) is 5.32 Å². The molecule has 0 aromatic heterocycles. The second kappa shape index (κ2) is 5.47. The van der Waals surface area contributed by atoms with Crippen molar-refractivity contribution in [2.75, 3.05) is 25.0 Å². The van der Waals surface area contributed by atoms with E-state index in [4.69, 9.17) is 11.6 Å². The van der Waals surface area contributed by atoms with Gasteiger partial charge in [0.1, 0.15) is 5.82 Å². The molecule has 0 saturated carbocycles. The minimum atomic E-state index is -0.404. The first kappa shape index (κ1) is 12.3. The van der Waals surface area contributed by atoms with Crippen LogP contribution >= 0.6 is 11.6 Å². The second-order valence-electron chi connectivity index (χ2n) is 4.31. The first-order valence-electron chi connectivity index (χ1n) is 5.73. The van der Waals surface area contributed by atoms with E-state index in [-0.39, 0.29) is 10.9 Å². The fraction of sp³-hybridized carbons (Fsp3) is 0.417. The second-order valence-corrected chi connectivity index (χ2v) is 4.71. The third kappa shape index (κ3) is 3.41. The van der Waals surface area contributed by atoms with E-state index in [1.165, 1.54) is 35.9 Å². The number of hydrogen-bond acceptors (Lipinski definition) is 1. The molecule has 1 fully saturated rings. The summed E-state index contributed by atoms with van der Waals surface area (Å²) >= 11 is 5.83. The van der Waals surface area contributed by atoms with E-state index in [0.29, 0.717) is 12.2 Å². The highest BCUT2D eigenvalue weighted by Gasteiger charge is 2.19. The predicted molar refractivity (Wildman–Crippen MR) is 64.8 cm³/mol. The summed E-state index contributed by atoms with van der Waals surface area (Å²) in [5.41, 5.74) is 0.469. The maximum absolute atomic E-state index is 12.8. The quantitative estimate of drug-likeness (QED) is 0.835. The molecule has 2 N–H and O–H groups in total. The van der Waals surface area contributed by atoms with E-state index in [1.54, 1.807) is 0 Å². The zero-order valence-corrected chi connectivity index (χ0v) is 10.2. The Bertz CT molecular complexity index is 419. The van der Waals surface area contributed by atoms with Gasteiger partial charge in [-0.25, -0.2) is 4.39 Å². The topological polar surface area (TPSA) is 33.5 Å². The summed E-state index contributed by atoms with van der Waals surface area (Å²) in [5.74, 6) is -0.478. The molecule has 3 nitrogen and oxygen atoms in total. The molecule has 5 heteroatoms. The van der Waals surface area contributed by atoms with Gasteiger partial charge in [0.25, 0.3) is 5.91 Å². The van der Waals surface area contributed by atoms with Gasteiger partial charge >= 0.3 is 0 Å². The Morgan fingerprint density at radius 3 is 2.76 bits per heavy atom. The summed E-state index contributed by atoms with van der Waals surface area (Å²) in [5, 5.41) is 2.94. The lowest BCUT2D eigenvalue weighted by Crippen LogP contribution is -3.11. The van der Waals surface area contributed by atoms with Gasteiger partial charge in [-0.2, -0.15) is 0 Å². The first-order chi connectivity index (χ1) is 8.15. The summed E-state index contributed by atoms with van der Waals surface area (Å²) in [6, 6.07) is 3.96. The van der Waals surface area contributed by atoms with Crippen molar-refractivity contribution in [2.45, 2.75) is 12.8 Å². The van der Waals surface area contributed by atoms with Gasteiger partial charge < -0.3 is 10.2 Å². The zero-order valence-electron chi connectivity index (χ0n) is 9.43. The molecule has 0 bridgehead atoms. The number of amides is 1. The maximum atomic E-state index is 12.8. The van der Waals surface area contributed by atoms with Crippen LogP contribution < -0.4 is 10.2 Å². The number of benzene rings is 1. The average Bonchev–Trinajstić information content (AvgIpc) is 2.75. The van der Waals surface area contributed by atoms with Crippen LogP contribution in [0.4, 0.5) is 10.1 Å². The van der Waals surface area contributed by atoms with Crippen molar-refractivity contribution in [3.8, 4) is 0 Å². The molecule has 1 aliphatic heterocycles. The molecule has 1 aliphatic rings. The molecule has 1 aromatic carbocycles. The van der Waals surface area contributed by atoms with Gasteiger partial charge in [-0.05, 0) is 18.2 Å². The van der Waals surface area contributed by atoms with Gasteiger partial charge in [-0.1, -0.05) is 11.6 Å². The van der Waals surface area contributed by atoms with Crippen molar-refractivity contribution in [1.82, 2.24) is 0 Å². The van der Waals surface area contributed by atoms with Crippen LogP contribution in [0.15, 0.2) is 18.2 Å². The highest BCUT2D eigenvalue weighted by Crippen LogP contribution is 2.21. The van der Waals surface area contributed by atoms with Crippen LogP contribution in [0, 0.1) is 5.82 Å². The van der Waals surface area contributed by atoms with Gasteiger partial charge in [-0.15, -0.1) is 0 Å². The van der Waals surface area contributed by atoms with Crippen molar-refractivity contribution in [3.05, 3.63) is 29.0 Å². The van der Waals surface area contributed by atoms with Crippen LogP contribution in [0.3, 0.4) is 0 Å². The Kier molecular flexibility index (Phi) is 3.97. The highest BCUT2D eigenvalue weighted by molar-refractivity contribution is 6.33. The Morgan fingerprint density at radius 2 is 2.12 bits per heavy atom. The largest absolute Gasteiger partial charge is 0.327 e. The van der Waals surface area contributed by atoms with Crippen molar-refractivity contribution in [2.24, 2.45) is 0 Å². The SMILES string of the molecule is O=C(C[NH+]1CCCC1)Nc1ccc(F)cc1Cl. The third-order valence-corrected chi connectivity index (χ3v) is 3.24. The minimum Gasteiger partial charge on any atom is -0.327 e. The molecule has 2 rings (SSSR count). The Morgan fingerprint density at radius 1 is 1.41 bits per heavy atom. The molecule has 92 valence electrons. The maximum Gasteiger partial charge on any atom is 0.279 e. The lowest BCUT2D eigenvalue weighted by Gasteiger charge is -2.12. The summed E-state index contributed by atoms with van der Waals surface area (Å²) in [6.45, 7) is 2.54. The van der Waals surface area contributed by atoms with Crippen LogP contribution in [0.25, 0.3) is 0 Å². The van der Waals surface area contributed by atoms with Crippen LogP contribution in [-0.2, 0) is 4.79 Å². The van der Waals surface area contributed by atoms with Crippen LogP contribution in [0.5, 0.6) is 0 Å². The fourth-order valence-corrected chi connectivity index (χ4v) is 2.28. The monoisotopic (exact) mass is 257 g/mol. The molecular formula is C12H15ClFN2O+. The summed E-state index contributed by atoms with van der Waals surface area (Å²) in [4.78, 5) is 13.0. The number of rotatable bonds is 3. The van der Waals surface area contributed by atoms with Crippen molar-refractivity contribution in [3.63, 3.8) is 0 Å². The lowest BCUT2D eigenvalue weighted by atomic mass is 10.3. The normalized spacial score (nSPS) is 16.1. The number of likely N-dealkylation sites (tertiary alicyclic amines) is 1. The van der Waals surface area contributed by atoms with E-state index >= 15 is 0 Å². The van der Waals surface area contributed by atoms with Gasteiger partial charge in [-0.3, -0.25) is 4.79 Å². The lowest BCUT2D eigenvalue weighted by molar-refractivity contribution is -0.878. The standard InChI is InChI=1S/C12H14ClFN2O/c13-10-7-9(14)3-4-11(10)15-12(17)8-16-5-1-2-6-16/h3-4,7H,1-2,5-6,8H2,(H,15,17)/p+1. The first-order valence-corrected chi connectivity index (χ1v) is 6.11. The van der Waals surface area contributed by atoms with Gasteiger partial charge in [0.05, 0.1) is 23.8 Å². The van der Waals surface area contributed by atoms with E-state index in [1.807, 2.05) is 0 Å². The molecule has 1 aromatic rings. The van der Waals surface area contributed by atoms with Crippen molar-refractivity contribution < 1.29 is 14.1 Å². The Labute approximate surface area is 105 Å². The Balaban J connectivity index is 1.93. The van der Waals surface area contributed by atoms with Gasteiger partial charge in [0.15, 0.2) is 6.54 Å². The van der Waals surface area contributed by atoms with Crippen LogP contribution in [0.1, 0.15) is 12.8 Å². The molecule has 0 spiro atoms. The molecule has 0 atom stereocenters. The minimum absolute atomic E-state index is 0.0737. The number of quaternary nitrogens is 1. The number of carbonyl (C=O) groups is 1. The van der Waals surface area contributed by atoms with Gasteiger partial charge in [0.2, 0.25) is 0 Å². The molecule has 0 radical (unpaired) electrons. The van der Waals surface area contributed by atoms with Crippen molar-refractivity contribution >= 4 is 23.2 Å². The zero-order chi connectivity index (χ0) is 12.3. The van der Waals surface area contributed by atoms with Crippen molar-refractivity contribution in [1.29, 1.82) is 0 Å². The smallest absolute Gasteiger partial charge is 0.279 e. The molecule has 17 heavy (non-hydrogen) atoms. The van der Waals surface area contributed by atoms with E-state index < -0.39 is 5.82 Å². The third-order valence-electron chi connectivity index (χ3n) is 2.93. The number of halogens is 2. The summed E-state index contributed by atoms with van der Waals surface area (Å²) in [6.07, 6.45) is 2.36. The Hall–Kier alpha value is -1.13. The molecule has 1 saturated heterocycles. The summed E-state index contributed by atoms with van der Waals surface area (Å²) in [7, 11) is 0. The molecular weight excluding hydrogens is 243 g/mol. The molecule has 0 aliphatic carbocycles. The number of anilines is 1. The van der Waals surface area contributed by atoms with E-state index in [0.717, 1.165) is 13.1 Å². The van der Waals surface area contributed by atoms with Crippen LogP contribution in [-0.4, -0.2) is 25.5 Å². The predicted octanol–water partition coefficient (Wildman–Crippen LogP) is 1.10. The molecule has 1 heterocycles. The van der Waals surface area contributed by atoms with Crippen LogP contribution in [0.2, 0.25) is 5.02 Å². The fourth-order valence-electron chi connectivity index (χ4n) is 2.06. The number of nitrogens with one attached hydrogen (secondary N) is 2.